The zero-order valence-electron chi connectivity index (χ0n) is 15.4. The van der Waals surface area contributed by atoms with Crippen LogP contribution in [-0.4, -0.2) is 54.6 Å². The lowest BCUT2D eigenvalue weighted by atomic mass is 10.0. The highest BCUT2D eigenvalue weighted by molar-refractivity contribution is 5.91. The van der Waals surface area contributed by atoms with E-state index in [-0.39, 0.29) is 17.6 Å². The number of ether oxygens (including phenoxy) is 1. The number of hydrogen-bond donors (Lipinski definition) is 1. The van der Waals surface area contributed by atoms with Gasteiger partial charge in [0.05, 0.1) is 18.1 Å². The molecule has 142 valence electrons. The first-order valence-corrected chi connectivity index (χ1v) is 8.98. The molecule has 0 bridgehead atoms. The number of rotatable bonds is 8. The summed E-state index contributed by atoms with van der Waals surface area (Å²) in [5.74, 6) is 0.346. The van der Waals surface area contributed by atoms with Crippen molar-refractivity contribution in [2.24, 2.45) is 5.92 Å². The molecule has 1 aromatic carbocycles. The fourth-order valence-corrected chi connectivity index (χ4v) is 3.04. The van der Waals surface area contributed by atoms with Gasteiger partial charge in [-0.1, -0.05) is 26.0 Å². The van der Waals surface area contributed by atoms with Gasteiger partial charge in [-0.2, -0.15) is 0 Å². The maximum Gasteiger partial charge on any atom is 0.270 e. The second kappa shape index (κ2) is 10.0. The molecule has 1 amide bonds. The molecule has 0 aliphatic carbocycles. The molecule has 26 heavy (non-hydrogen) atoms. The zero-order chi connectivity index (χ0) is 18.9. The molecular weight excluding hydrogens is 334 g/mol. The van der Waals surface area contributed by atoms with Crippen molar-refractivity contribution in [1.82, 2.24) is 10.2 Å². The van der Waals surface area contributed by atoms with Crippen LogP contribution in [0.4, 0.5) is 5.69 Å². The molecule has 1 aliphatic rings. The Morgan fingerprint density at radius 3 is 2.77 bits per heavy atom. The molecule has 1 atom stereocenters. The van der Waals surface area contributed by atoms with Crippen molar-refractivity contribution >= 4 is 17.7 Å². The van der Waals surface area contributed by atoms with Crippen molar-refractivity contribution in [3.05, 3.63) is 46.0 Å². The summed E-state index contributed by atoms with van der Waals surface area (Å²) in [5.41, 5.74) is 0.637. The van der Waals surface area contributed by atoms with Gasteiger partial charge in [0.2, 0.25) is 5.91 Å². The van der Waals surface area contributed by atoms with Crippen molar-refractivity contribution in [3.63, 3.8) is 0 Å². The topological polar surface area (TPSA) is 84.7 Å². The number of nitro benzene ring substituents is 1. The highest BCUT2D eigenvalue weighted by Crippen LogP contribution is 2.15. The van der Waals surface area contributed by atoms with Gasteiger partial charge in [0, 0.05) is 43.9 Å². The van der Waals surface area contributed by atoms with Gasteiger partial charge in [0.25, 0.3) is 5.69 Å². The maximum absolute atomic E-state index is 12.1. The SMILES string of the molecule is CC(C)CC(CNC(=O)/C=C/c1cccc([N+](=O)[O-])c1)N1CCOCC1. The second-order valence-corrected chi connectivity index (χ2v) is 6.86. The number of morpholine rings is 1. The van der Waals surface area contributed by atoms with Crippen LogP contribution in [0, 0.1) is 16.0 Å². The molecule has 1 aromatic rings. The van der Waals surface area contributed by atoms with Gasteiger partial charge in [0.1, 0.15) is 0 Å². The fourth-order valence-electron chi connectivity index (χ4n) is 3.04. The van der Waals surface area contributed by atoms with E-state index < -0.39 is 4.92 Å². The van der Waals surface area contributed by atoms with Gasteiger partial charge >= 0.3 is 0 Å². The Morgan fingerprint density at radius 2 is 2.12 bits per heavy atom. The van der Waals surface area contributed by atoms with Crippen LogP contribution in [0.25, 0.3) is 6.08 Å². The number of amides is 1. The summed E-state index contributed by atoms with van der Waals surface area (Å²) in [6.45, 7) is 8.17. The van der Waals surface area contributed by atoms with Crippen LogP contribution < -0.4 is 5.32 Å². The van der Waals surface area contributed by atoms with Gasteiger partial charge in [-0.15, -0.1) is 0 Å². The first kappa shape index (κ1) is 20.1. The van der Waals surface area contributed by atoms with E-state index in [0.29, 0.717) is 18.0 Å². The van der Waals surface area contributed by atoms with Crippen LogP contribution in [0.1, 0.15) is 25.8 Å². The fraction of sp³-hybridized carbons (Fsp3) is 0.526. The number of nitrogens with zero attached hydrogens (tertiary/aromatic N) is 2. The zero-order valence-corrected chi connectivity index (χ0v) is 15.4. The number of carbonyl (C=O) groups excluding carboxylic acids is 1. The largest absolute Gasteiger partial charge is 0.379 e. The Bertz CT molecular complexity index is 639. The highest BCUT2D eigenvalue weighted by atomic mass is 16.6. The van der Waals surface area contributed by atoms with Crippen LogP contribution in [0.3, 0.4) is 0 Å². The highest BCUT2D eigenvalue weighted by Gasteiger charge is 2.22. The summed E-state index contributed by atoms with van der Waals surface area (Å²) >= 11 is 0. The number of non-ortho nitro benzene ring substituents is 1. The normalized spacial score (nSPS) is 16.7. The smallest absolute Gasteiger partial charge is 0.270 e. The van der Waals surface area contributed by atoms with Crippen molar-refractivity contribution in [1.29, 1.82) is 0 Å². The molecule has 1 fully saturated rings. The Balaban J connectivity index is 1.90. The molecule has 1 N–H and O–H groups in total. The van der Waals surface area contributed by atoms with Gasteiger partial charge in [0.15, 0.2) is 0 Å². The van der Waals surface area contributed by atoms with E-state index in [1.165, 1.54) is 18.2 Å². The maximum atomic E-state index is 12.1. The van der Waals surface area contributed by atoms with Gasteiger partial charge < -0.3 is 10.1 Å². The number of carbonyl (C=O) groups is 1. The summed E-state index contributed by atoms with van der Waals surface area (Å²) in [7, 11) is 0. The molecule has 1 aliphatic heterocycles. The third-order valence-electron chi connectivity index (χ3n) is 4.33. The van der Waals surface area contributed by atoms with E-state index in [1.54, 1.807) is 18.2 Å². The first-order valence-electron chi connectivity index (χ1n) is 8.98. The van der Waals surface area contributed by atoms with Crippen molar-refractivity contribution in [2.75, 3.05) is 32.8 Å². The van der Waals surface area contributed by atoms with E-state index in [0.717, 1.165) is 32.7 Å². The van der Waals surface area contributed by atoms with Crippen molar-refractivity contribution in [3.8, 4) is 0 Å². The van der Waals surface area contributed by atoms with E-state index >= 15 is 0 Å². The van der Waals surface area contributed by atoms with Crippen LogP contribution >= 0.6 is 0 Å². The van der Waals surface area contributed by atoms with Crippen molar-refractivity contribution < 1.29 is 14.5 Å². The average molecular weight is 361 g/mol. The van der Waals surface area contributed by atoms with Gasteiger partial charge in [-0.25, -0.2) is 0 Å². The lowest BCUT2D eigenvalue weighted by Gasteiger charge is -2.35. The predicted octanol–water partition coefficient (Wildman–Crippen LogP) is 2.47. The molecule has 2 rings (SSSR count). The molecule has 0 aromatic heterocycles. The number of nitrogens with one attached hydrogen (secondary N) is 1. The lowest BCUT2D eigenvalue weighted by molar-refractivity contribution is -0.384. The summed E-state index contributed by atoms with van der Waals surface area (Å²) in [6, 6.07) is 6.49. The van der Waals surface area contributed by atoms with Crippen LogP contribution in [0.2, 0.25) is 0 Å². The van der Waals surface area contributed by atoms with Crippen LogP contribution in [-0.2, 0) is 9.53 Å². The molecule has 0 saturated carbocycles. The minimum absolute atomic E-state index is 0.0110. The van der Waals surface area contributed by atoms with E-state index in [2.05, 4.69) is 24.1 Å². The van der Waals surface area contributed by atoms with Crippen LogP contribution in [0.5, 0.6) is 0 Å². The Hall–Kier alpha value is -2.25. The monoisotopic (exact) mass is 361 g/mol. The third kappa shape index (κ3) is 6.57. The second-order valence-electron chi connectivity index (χ2n) is 6.86. The summed E-state index contributed by atoms with van der Waals surface area (Å²) < 4.78 is 5.41. The Labute approximate surface area is 154 Å². The first-order chi connectivity index (χ1) is 12.5. The molecule has 7 nitrogen and oxygen atoms in total. The third-order valence-corrected chi connectivity index (χ3v) is 4.33. The summed E-state index contributed by atoms with van der Waals surface area (Å²) in [4.78, 5) is 24.8. The quantitative estimate of drug-likeness (QED) is 0.437. The van der Waals surface area contributed by atoms with E-state index in [4.69, 9.17) is 4.74 Å². The Morgan fingerprint density at radius 1 is 1.38 bits per heavy atom. The molecule has 1 unspecified atom stereocenters. The minimum Gasteiger partial charge on any atom is -0.379 e. The molecule has 7 heteroatoms. The Kier molecular flexibility index (Phi) is 7.74. The van der Waals surface area contributed by atoms with Gasteiger partial charge in [-0.3, -0.25) is 19.8 Å². The minimum atomic E-state index is -0.448. The standard InChI is InChI=1S/C19H27N3O4/c1-15(2)12-18(21-8-10-26-11-9-21)14-20-19(23)7-6-16-4-3-5-17(13-16)22(24)25/h3-7,13,15,18H,8-12,14H2,1-2H3,(H,20,23)/b7-6+. The summed E-state index contributed by atoms with van der Waals surface area (Å²) in [5, 5.41) is 13.7. The number of hydrogen-bond acceptors (Lipinski definition) is 5. The average Bonchev–Trinajstić information content (AvgIpc) is 2.64. The van der Waals surface area contributed by atoms with Crippen LogP contribution in [0.15, 0.2) is 30.3 Å². The summed E-state index contributed by atoms with van der Waals surface area (Å²) in [6.07, 6.45) is 4.02. The molecule has 0 spiro atoms. The number of benzene rings is 1. The molecule has 0 radical (unpaired) electrons. The molecular formula is C19H27N3O4. The van der Waals surface area contributed by atoms with E-state index in [9.17, 15) is 14.9 Å². The van der Waals surface area contributed by atoms with E-state index in [1.807, 2.05) is 0 Å². The predicted molar refractivity (Wildman–Crippen MR) is 101 cm³/mol. The molecule has 1 saturated heterocycles. The van der Waals surface area contributed by atoms with Crippen molar-refractivity contribution in [2.45, 2.75) is 26.3 Å². The lowest BCUT2D eigenvalue weighted by Crippen LogP contribution is -2.49. The van der Waals surface area contributed by atoms with Gasteiger partial charge in [-0.05, 0) is 24.0 Å². The number of nitro groups is 1. The molecule has 1 heterocycles.